The third-order valence-corrected chi connectivity index (χ3v) is 4.86. The van der Waals surface area contributed by atoms with Crippen molar-refractivity contribution in [3.63, 3.8) is 0 Å². The molecule has 0 aliphatic heterocycles. The van der Waals surface area contributed by atoms with Gasteiger partial charge in [-0.1, -0.05) is 49.2 Å². The Morgan fingerprint density at radius 2 is 1.90 bits per heavy atom. The zero-order valence-corrected chi connectivity index (χ0v) is 13.9. The SMILES string of the molecule is CCCCc1ccc(CSc2cnn(C)c(=O)c2Cl)cc1. The molecule has 0 bridgehead atoms. The van der Waals surface area contributed by atoms with Gasteiger partial charge in [0.2, 0.25) is 0 Å². The van der Waals surface area contributed by atoms with Gasteiger partial charge in [0.05, 0.1) is 11.1 Å². The Bertz CT molecular complexity index is 652. The first-order chi connectivity index (χ1) is 10.1. The molecule has 21 heavy (non-hydrogen) atoms. The highest BCUT2D eigenvalue weighted by Gasteiger charge is 2.08. The quantitative estimate of drug-likeness (QED) is 0.752. The van der Waals surface area contributed by atoms with Crippen molar-refractivity contribution in [3.8, 4) is 0 Å². The van der Waals surface area contributed by atoms with E-state index in [0.29, 0.717) is 0 Å². The van der Waals surface area contributed by atoms with Crippen molar-refractivity contribution in [2.24, 2.45) is 7.05 Å². The Balaban J connectivity index is 2.00. The second kappa shape index (κ2) is 7.66. The first kappa shape index (κ1) is 16.1. The monoisotopic (exact) mass is 322 g/mol. The minimum absolute atomic E-state index is 0.247. The van der Waals surface area contributed by atoms with E-state index < -0.39 is 0 Å². The van der Waals surface area contributed by atoms with Gasteiger partial charge in [-0.15, -0.1) is 11.8 Å². The Morgan fingerprint density at radius 3 is 2.57 bits per heavy atom. The highest BCUT2D eigenvalue weighted by molar-refractivity contribution is 7.98. The van der Waals surface area contributed by atoms with Crippen LogP contribution < -0.4 is 5.56 Å². The van der Waals surface area contributed by atoms with Gasteiger partial charge in [-0.3, -0.25) is 4.79 Å². The molecule has 1 aromatic heterocycles. The second-order valence-electron chi connectivity index (χ2n) is 4.96. The van der Waals surface area contributed by atoms with E-state index in [-0.39, 0.29) is 10.6 Å². The molecule has 1 aromatic carbocycles. The van der Waals surface area contributed by atoms with Gasteiger partial charge in [0.15, 0.2) is 0 Å². The molecule has 0 spiro atoms. The number of rotatable bonds is 6. The Labute approximate surface area is 134 Å². The molecule has 0 amide bonds. The van der Waals surface area contributed by atoms with Crippen LogP contribution >= 0.6 is 23.4 Å². The van der Waals surface area contributed by atoms with Gasteiger partial charge >= 0.3 is 0 Å². The van der Waals surface area contributed by atoms with Crippen LogP contribution in [-0.2, 0) is 19.2 Å². The highest BCUT2D eigenvalue weighted by atomic mass is 35.5. The lowest BCUT2D eigenvalue weighted by molar-refractivity contribution is 0.696. The fourth-order valence-corrected chi connectivity index (χ4v) is 3.13. The Morgan fingerprint density at radius 1 is 1.24 bits per heavy atom. The van der Waals surface area contributed by atoms with E-state index in [2.05, 4.69) is 36.3 Å². The molecular weight excluding hydrogens is 304 g/mol. The zero-order chi connectivity index (χ0) is 15.2. The molecule has 0 aliphatic rings. The summed E-state index contributed by atoms with van der Waals surface area (Å²) in [5.74, 6) is 0.780. The summed E-state index contributed by atoms with van der Waals surface area (Å²) in [6.07, 6.45) is 5.22. The minimum atomic E-state index is -0.253. The molecule has 112 valence electrons. The minimum Gasteiger partial charge on any atom is -0.266 e. The largest absolute Gasteiger partial charge is 0.286 e. The number of halogens is 1. The van der Waals surface area contributed by atoms with Crippen LogP contribution in [0, 0.1) is 0 Å². The Hall–Kier alpha value is -1.26. The predicted octanol–water partition coefficient (Wildman–Crippen LogP) is 4.07. The number of aromatic nitrogens is 2. The maximum absolute atomic E-state index is 11.7. The predicted molar refractivity (Wildman–Crippen MR) is 89.1 cm³/mol. The topological polar surface area (TPSA) is 34.9 Å². The smallest absolute Gasteiger partial charge is 0.266 e. The fraction of sp³-hybridized carbons (Fsp3) is 0.375. The van der Waals surface area contributed by atoms with Gasteiger partial charge in [0, 0.05) is 12.8 Å². The third kappa shape index (κ3) is 4.35. The molecule has 5 heteroatoms. The molecule has 0 fully saturated rings. The lowest BCUT2D eigenvalue weighted by Crippen LogP contribution is -2.19. The van der Waals surface area contributed by atoms with Crippen LogP contribution in [0.1, 0.15) is 30.9 Å². The second-order valence-corrected chi connectivity index (χ2v) is 6.36. The number of hydrogen-bond donors (Lipinski definition) is 0. The lowest BCUT2D eigenvalue weighted by atomic mass is 10.1. The van der Waals surface area contributed by atoms with Crippen molar-refractivity contribution < 1.29 is 0 Å². The number of aryl methyl sites for hydroxylation is 2. The van der Waals surface area contributed by atoms with E-state index in [1.54, 1.807) is 13.2 Å². The van der Waals surface area contributed by atoms with Crippen LogP contribution in [0.5, 0.6) is 0 Å². The average molecular weight is 323 g/mol. The lowest BCUT2D eigenvalue weighted by Gasteiger charge is -2.06. The molecule has 0 atom stereocenters. The molecule has 0 radical (unpaired) electrons. The summed E-state index contributed by atoms with van der Waals surface area (Å²) in [6, 6.07) is 8.63. The van der Waals surface area contributed by atoms with E-state index in [1.165, 1.54) is 40.4 Å². The summed E-state index contributed by atoms with van der Waals surface area (Å²) in [5.41, 5.74) is 2.34. The number of thioether (sulfide) groups is 1. The van der Waals surface area contributed by atoms with Crippen molar-refractivity contribution in [3.05, 3.63) is 57.0 Å². The molecule has 2 aromatic rings. The number of benzene rings is 1. The fourth-order valence-electron chi connectivity index (χ4n) is 1.94. The van der Waals surface area contributed by atoms with E-state index in [4.69, 9.17) is 11.6 Å². The molecule has 0 saturated heterocycles. The van der Waals surface area contributed by atoms with Gasteiger partial charge in [0.1, 0.15) is 5.02 Å². The van der Waals surface area contributed by atoms with Gasteiger partial charge < -0.3 is 0 Å². The van der Waals surface area contributed by atoms with Gasteiger partial charge in [-0.25, -0.2) is 4.68 Å². The highest BCUT2D eigenvalue weighted by Crippen LogP contribution is 2.26. The normalized spacial score (nSPS) is 10.8. The molecular formula is C16H19ClN2OS. The summed E-state index contributed by atoms with van der Waals surface area (Å²) in [5, 5.41) is 4.25. The Kier molecular flexibility index (Phi) is 5.88. The van der Waals surface area contributed by atoms with Crippen molar-refractivity contribution >= 4 is 23.4 Å². The molecule has 1 heterocycles. The summed E-state index contributed by atoms with van der Waals surface area (Å²) < 4.78 is 1.24. The zero-order valence-electron chi connectivity index (χ0n) is 12.3. The molecule has 0 N–H and O–H groups in total. The van der Waals surface area contributed by atoms with Gasteiger partial charge in [0.25, 0.3) is 5.56 Å². The van der Waals surface area contributed by atoms with Crippen LogP contribution in [0.25, 0.3) is 0 Å². The van der Waals surface area contributed by atoms with Crippen molar-refractivity contribution in [2.75, 3.05) is 0 Å². The average Bonchev–Trinajstić information content (AvgIpc) is 2.51. The van der Waals surface area contributed by atoms with E-state index in [0.717, 1.165) is 17.1 Å². The standard InChI is InChI=1S/C16H19ClN2OS/c1-3-4-5-12-6-8-13(9-7-12)11-21-14-10-18-19(2)16(20)15(14)17/h6-10H,3-5,11H2,1-2H3. The maximum atomic E-state index is 11.7. The van der Waals surface area contributed by atoms with Crippen LogP contribution in [0.4, 0.5) is 0 Å². The number of unbranched alkanes of at least 4 members (excludes halogenated alkanes) is 1. The van der Waals surface area contributed by atoms with Crippen molar-refractivity contribution in [2.45, 2.75) is 36.8 Å². The molecule has 3 nitrogen and oxygen atoms in total. The molecule has 2 rings (SSSR count). The van der Waals surface area contributed by atoms with Crippen LogP contribution in [0.15, 0.2) is 40.2 Å². The summed E-state index contributed by atoms with van der Waals surface area (Å²) in [6.45, 7) is 2.20. The number of nitrogens with zero attached hydrogens (tertiary/aromatic N) is 2. The molecule has 0 saturated carbocycles. The van der Waals surface area contributed by atoms with E-state index >= 15 is 0 Å². The van der Waals surface area contributed by atoms with Crippen LogP contribution in [-0.4, -0.2) is 9.78 Å². The molecule has 0 aliphatic carbocycles. The summed E-state index contributed by atoms with van der Waals surface area (Å²) >= 11 is 7.59. The van der Waals surface area contributed by atoms with Gasteiger partial charge in [-0.05, 0) is 24.0 Å². The summed E-state index contributed by atoms with van der Waals surface area (Å²) in [7, 11) is 1.59. The van der Waals surface area contributed by atoms with Crippen LogP contribution in [0.2, 0.25) is 5.02 Å². The van der Waals surface area contributed by atoms with Gasteiger partial charge in [-0.2, -0.15) is 5.10 Å². The van der Waals surface area contributed by atoms with Crippen molar-refractivity contribution in [1.29, 1.82) is 0 Å². The number of hydrogen-bond acceptors (Lipinski definition) is 3. The third-order valence-electron chi connectivity index (χ3n) is 3.28. The molecule has 0 unspecified atom stereocenters. The summed E-state index contributed by atoms with van der Waals surface area (Å²) in [4.78, 5) is 12.4. The maximum Gasteiger partial charge on any atom is 0.286 e. The van der Waals surface area contributed by atoms with Crippen LogP contribution in [0.3, 0.4) is 0 Å². The first-order valence-corrected chi connectivity index (χ1v) is 8.40. The van der Waals surface area contributed by atoms with Crippen molar-refractivity contribution in [1.82, 2.24) is 9.78 Å². The first-order valence-electron chi connectivity index (χ1n) is 7.04. The van der Waals surface area contributed by atoms with E-state index in [9.17, 15) is 4.79 Å². The van der Waals surface area contributed by atoms with E-state index in [1.807, 2.05) is 0 Å².